The molecule has 2 aliphatic rings. The number of nitrogens with zero attached hydrogens (tertiary/aromatic N) is 4. The van der Waals surface area contributed by atoms with E-state index in [1.165, 1.54) is 6.33 Å². The molecule has 154 valence electrons. The van der Waals surface area contributed by atoms with E-state index in [1.54, 1.807) is 0 Å². The summed E-state index contributed by atoms with van der Waals surface area (Å²) in [5.41, 5.74) is 7.72. The van der Waals surface area contributed by atoms with E-state index < -0.39 is 5.82 Å². The Morgan fingerprint density at radius 1 is 1.17 bits per heavy atom. The van der Waals surface area contributed by atoms with E-state index in [1.807, 2.05) is 41.0 Å². The van der Waals surface area contributed by atoms with E-state index in [4.69, 9.17) is 5.73 Å². The van der Waals surface area contributed by atoms with Gasteiger partial charge in [-0.15, -0.1) is 0 Å². The molecule has 0 bridgehead atoms. The Morgan fingerprint density at radius 2 is 1.97 bits per heavy atom. The summed E-state index contributed by atoms with van der Waals surface area (Å²) < 4.78 is 14.4. The molecule has 3 heterocycles. The van der Waals surface area contributed by atoms with Crippen molar-refractivity contribution in [3.05, 3.63) is 42.0 Å². The minimum absolute atomic E-state index is 0.0355. The van der Waals surface area contributed by atoms with Gasteiger partial charge >= 0.3 is 0 Å². The summed E-state index contributed by atoms with van der Waals surface area (Å²) in [6.07, 6.45) is 4.82. The lowest BCUT2D eigenvalue weighted by Crippen LogP contribution is -2.56. The van der Waals surface area contributed by atoms with Crippen molar-refractivity contribution >= 4 is 23.2 Å². The first-order valence-corrected chi connectivity index (χ1v) is 10.2. The molecule has 0 spiro atoms. The van der Waals surface area contributed by atoms with E-state index in [0.29, 0.717) is 13.1 Å². The number of likely N-dealkylation sites (tertiary alicyclic amines) is 1. The molecule has 1 aromatic heterocycles. The number of nitrogens with one attached hydrogen (secondary N) is 1. The third-order valence-corrected chi connectivity index (χ3v) is 5.88. The number of aromatic nitrogens is 2. The number of nitrogen functional groups attached to an aromatic ring is 1. The number of piperidine rings is 2. The summed E-state index contributed by atoms with van der Waals surface area (Å²) >= 11 is 0. The Hall–Kier alpha value is -2.90. The Labute approximate surface area is 170 Å². The average molecular weight is 398 g/mol. The second-order valence-electron chi connectivity index (χ2n) is 7.82. The molecule has 2 aliphatic heterocycles. The van der Waals surface area contributed by atoms with Crippen LogP contribution in [0.15, 0.2) is 30.6 Å². The van der Waals surface area contributed by atoms with Crippen LogP contribution in [0, 0.1) is 12.7 Å². The maximum Gasteiger partial charge on any atom is 0.245 e. The van der Waals surface area contributed by atoms with Gasteiger partial charge in [-0.25, -0.2) is 9.97 Å². The van der Waals surface area contributed by atoms with Crippen LogP contribution in [0.3, 0.4) is 0 Å². The van der Waals surface area contributed by atoms with E-state index >= 15 is 0 Å². The molecular formula is C21H27FN6O. The molecule has 0 radical (unpaired) electrons. The van der Waals surface area contributed by atoms with Crippen molar-refractivity contribution in [2.24, 2.45) is 0 Å². The smallest absolute Gasteiger partial charge is 0.245 e. The lowest BCUT2D eigenvalue weighted by atomic mass is 9.97. The quantitative estimate of drug-likeness (QED) is 0.823. The zero-order chi connectivity index (χ0) is 20.4. The molecular weight excluding hydrogens is 371 g/mol. The average Bonchev–Trinajstić information content (AvgIpc) is 2.73. The molecule has 1 amide bonds. The summed E-state index contributed by atoms with van der Waals surface area (Å²) in [4.78, 5) is 24.9. The van der Waals surface area contributed by atoms with Gasteiger partial charge in [-0.05, 0) is 44.2 Å². The molecule has 4 rings (SSSR count). The molecule has 8 heteroatoms. The Balaban J connectivity index is 1.48. The van der Waals surface area contributed by atoms with Crippen molar-refractivity contribution in [1.82, 2.24) is 14.9 Å². The number of hydrogen-bond acceptors (Lipinski definition) is 6. The van der Waals surface area contributed by atoms with Crippen molar-refractivity contribution in [1.29, 1.82) is 0 Å². The molecule has 1 aromatic carbocycles. The van der Waals surface area contributed by atoms with Gasteiger partial charge < -0.3 is 20.9 Å². The minimum Gasteiger partial charge on any atom is -0.381 e. The fourth-order valence-electron chi connectivity index (χ4n) is 4.31. The minimum atomic E-state index is -0.586. The second-order valence-corrected chi connectivity index (χ2v) is 7.82. The number of aryl methyl sites for hydroxylation is 1. The van der Waals surface area contributed by atoms with Crippen molar-refractivity contribution in [3.8, 4) is 0 Å². The van der Waals surface area contributed by atoms with Crippen LogP contribution in [0.1, 0.15) is 31.2 Å². The predicted octanol–water partition coefficient (Wildman–Crippen LogP) is 2.58. The van der Waals surface area contributed by atoms with Gasteiger partial charge in [-0.2, -0.15) is 4.39 Å². The first-order chi connectivity index (χ1) is 14.0. The number of nitrogens with two attached hydrogens (primary N) is 1. The third kappa shape index (κ3) is 3.97. The van der Waals surface area contributed by atoms with Gasteiger partial charge in [0.2, 0.25) is 11.7 Å². The molecule has 2 atom stereocenters. The fraction of sp³-hybridized carbons (Fsp3) is 0.476. The van der Waals surface area contributed by atoms with Crippen LogP contribution < -0.4 is 16.0 Å². The van der Waals surface area contributed by atoms with Gasteiger partial charge in [0.05, 0.1) is 0 Å². The van der Waals surface area contributed by atoms with E-state index in [2.05, 4.69) is 15.3 Å². The summed E-state index contributed by atoms with van der Waals surface area (Å²) in [7, 11) is 0. The van der Waals surface area contributed by atoms with E-state index in [0.717, 1.165) is 43.5 Å². The number of hydrogen-bond donors (Lipinski definition) is 2. The maximum atomic E-state index is 14.4. The molecule has 3 N–H and O–H groups in total. The second kappa shape index (κ2) is 8.23. The normalized spacial score (nSPS) is 22.6. The predicted molar refractivity (Wildman–Crippen MR) is 111 cm³/mol. The van der Waals surface area contributed by atoms with Gasteiger partial charge in [0.1, 0.15) is 12.4 Å². The first-order valence-electron chi connectivity index (χ1n) is 10.2. The zero-order valence-corrected chi connectivity index (χ0v) is 16.6. The van der Waals surface area contributed by atoms with Crippen molar-refractivity contribution in [2.45, 2.75) is 44.7 Å². The molecule has 2 saturated heterocycles. The van der Waals surface area contributed by atoms with Gasteiger partial charge in [0.25, 0.3) is 0 Å². The highest BCUT2D eigenvalue weighted by molar-refractivity contribution is 5.86. The molecule has 2 unspecified atom stereocenters. The van der Waals surface area contributed by atoms with Gasteiger partial charge in [0, 0.05) is 31.4 Å². The van der Waals surface area contributed by atoms with Crippen molar-refractivity contribution in [2.75, 3.05) is 35.6 Å². The number of benzene rings is 1. The van der Waals surface area contributed by atoms with Crippen LogP contribution in [-0.2, 0) is 4.79 Å². The van der Waals surface area contributed by atoms with Gasteiger partial charge in [0.15, 0.2) is 11.6 Å². The number of amides is 1. The van der Waals surface area contributed by atoms with Crippen molar-refractivity contribution in [3.63, 3.8) is 0 Å². The number of carbonyl (C=O) groups excluding carboxylic acids is 1. The van der Waals surface area contributed by atoms with Gasteiger partial charge in [-0.1, -0.05) is 18.2 Å². The molecule has 0 aliphatic carbocycles. The maximum absolute atomic E-state index is 14.4. The number of anilines is 3. The zero-order valence-electron chi connectivity index (χ0n) is 16.6. The lowest BCUT2D eigenvalue weighted by Gasteiger charge is -2.43. The first kappa shape index (κ1) is 19.4. The van der Waals surface area contributed by atoms with Crippen LogP contribution in [0.2, 0.25) is 0 Å². The van der Waals surface area contributed by atoms with Crippen LogP contribution in [0.4, 0.5) is 21.7 Å². The van der Waals surface area contributed by atoms with Crippen LogP contribution >= 0.6 is 0 Å². The summed E-state index contributed by atoms with van der Waals surface area (Å²) in [6, 6.07) is 7.81. The highest BCUT2D eigenvalue weighted by Crippen LogP contribution is 2.28. The number of halogens is 1. The molecule has 7 nitrogen and oxygen atoms in total. The SMILES string of the molecule is Cc1ccccc1NC1CCCN(C2CCCN(c3ncnc(N)c3F)C2)C1=O. The highest BCUT2D eigenvalue weighted by atomic mass is 19.1. The van der Waals surface area contributed by atoms with E-state index in [9.17, 15) is 9.18 Å². The largest absolute Gasteiger partial charge is 0.381 e. The highest BCUT2D eigenvalue weighted by Gasteiger charge is 2.36. The number of para-hydroxylation sites is 1. The monoisotopic (exact) mass is 398 g/mol. The summed E-state index contributed by atoms with van der Waals surface area (Å²) in [5, 5.41) is 3.43. The number of rotatable bonds is 4. The van der Waals surface area contributed by atoms with Crippen LogP contribution in [0.25, 0.3) is 0 Å². The summed E-state index contributed by atoms with van der Waals surface area (Å²) in [5.74, 6) is -0.388. The standard InChI is InChI=1S/C21H27FN6O/c1-14-6-2-3-8-16(14)26-17-9-5-11-28(21(17)29)15-7-4-10-27(12-15)20-18(22)19(23)24-13-25-20/h2-3,6,8,13,15,17,26H,4-5,7,9-12H2,1H3,(H2,23,24,25). The fourth-order valence-corrected chi connectivity index (χ4v) is 4.31. The molecule has 29 heavy (non-hydrogen) atoms. The number of carbonyl (C=O) groups is 1. The van der Waals surface area contributed by atoms with E-state index in [-0.39, 0.29) is 29.6 Å². The molecule has 0 saturated carbocycles. The summed E-state index contributed by atoms with van der Waals surface area (Å²) in [6.45, 7) is 4.01. The van der Waals surface area contributed by atoms with Crippen molar-refractivity contribution < 1.29 is 9.18 Å². The van der Waals surface area contributed by atoms with Crippen LogP contribution in [0.5, 0.6) is 0 Å². The lowest BCUT2D eigenvalue weighted by molar-refractivity contribution is -0.137. The van der Waals surface area contributed by atoms with Gasteiger partial charge in [-0.3, -0.25) is 4.79 Å². The molecule has 2 fully saturated rings. The third-order valence-electron chi connectivity index (χ3n) is 5.88. The Morgan fingerprint density at radius 3 is 2.79 bits per heavy atom. The van der Waals surface area contributed by atoms with Crippen LogP contribution in [-0.4, -0.2) is 52.5 Å². The Bertz CT molecular complexity index is 891. The molecule has 2 aromatic rings. The Kier molecular flexibility index (Phi) is 5.51. The topological polar surface area (TPSA) is 87.4 Å².